The fourth-order valence-corrected chi connectivity index (χ4v) is 1.76. The Morgan fingerprint density at radius 3 is 2.65 bits per heavy atom. The van der Waals surface area contributed by atoms with Gasteiger partial charge in [0, 0.05) is 25.0 Å². The van der Waals surface area contributed by atoms with E-state index < -0.39 is 6.04 Å². The van der Waals surface area contributed by atoms with E-state index in [1.807, 2.05) is 0 Å². The molecule has 0 aliphatic carbocycles. The lowest BCUT2D eigenvalue weighted by atomic mass is 10.1. The number of carbonyl (C=O) groups is 1. The summed E-state index contributed by atoms with van der Waals surface area (Å²) in [7, 11) is 1.59. The number of nitrogens with zero attached hydrogens (tertiary/aromatic N) is 4. The largest absolute Gasteiger partial charge is 0.409 e. The molecular weight excluding hydrogens is 258 g/mol. The predicted octanol–water partition coefficient (Wildman–Crippen LogP) is 0.837. The van der Waals surface area contributed by atoms with Crippen molar-refractivity contribution >= 4 is 22.8 Å². The van der Waals surface area contributed by atoms with E-state index in [4.69, 9.17) is 10.9 Å². The molecule has 2 rings (SSSR count). The molecule has 2 aromatic rings. The van der Waals surface area contributed by atoms with Crippen LogP contribution in [0.15, 0.2) is 35.7 Å². The maximum Gasteiger partial charge on any atom is 0.254 e. The summed E-state index contributed by atoms with van der Waals surface area (Å²) in [5, 5.41) is 11.6. The van der Waals surface area contributed by atoms with E-state index in [0.717, 1.165) is 5.52 Å². The Kier molecular flexibility index (Phi) is 3.79. The summed E-state index contributed by atoms with van der Waals surface area (Å²) in [6.45, 7) is 1.67. The van der Waals surface area contributed by atoms with Crippen LogP contribution in [0.1, 0.15) is 17.3 Å². The number of fused-ring (bicyclic) bond motifs is 1. The van der Waals surface area contributed by atoms with Crippen molar-refractivity contribution in [1.82, 2.24) is 14.9 Å². The summed E-state index contributed by atoms with van der Waals surface area (Å²) < 4.78 is 0. The third kappa shape index (κ3) is 2.51. The van der Waals surface area contributed by atoms with Gasteiger partial charge in [0.15, 0.2) is 5.84 Å². The van der Waals surface area contributed by atoms with Gasteiger partial charge in [0.25, 0.3) is 5.91 Å². The van der Waals surface area contributed by atoms with Crippen LogP contribution in [0.25, 0.3) is 11.0 Å². The van der Waals surface area contributed by atoms with Crippen LogP contribution in [0, 0.1) is 0 Å². The fraction of sp³-hybridized carbons (Fsp3) is 0.231. The number of nitrogens with two attached hydrogens (primary N) is 1. The second kappa shape index (κ2) is 5.52. The highest BCUT2D eigenvalue weighted by Gasteiger charge is 2.20. The van der Waals surface area contributed by atoms with Crippen molar-refractivity contribution in [3.8, 4) is 0 Å². The molecule has 0 fully saturated rings. The third-order valence-electron chi connectivity index (χ3n) is 3.16. The van der Waals surface area contributed by atoms with Gasteiger partial charge in [-0.3, -0.25) is 14.8 Å². The number of amidine groups is 1. The number of carbonyl (C=O) groups excluding carboxylic acids is 1. The maximum absolute atomic E-state index is 12.3. The van der Waals surface area contributed by atoms with E-state index in [-0.39, 0.29) is 11.7 Å². The molecule has 0 aliphatic heterocycles. The molecule has 0 radical (unpaired) electrons. The smallest absolute Gasteiger partial charge is 0.254 e. The second-order valence-electron chi connectivity index (χ2n) is 4.38. The first-order chi connectivity index (χ1) is 9.54. The van der Waals surface area contributed by atoms with Crippen molar-refractivity contribution < 1.29 is 10.0 Å². The summed E-state index contributed by atoms with van der Waals surface area (Å²) in [5.74, 6) is -0.266. The zero-order valence-corrected chi connectivity index (χ0v) is 11.2. The van der Waals surface area contributed by atoms with Gasteiger partial charge in [-0.15, -0.1) is 0 Å². The normalized spacial score (nSPS) is 13.2. The average Bonchev–Trinajstić information content (AvgIpc) is 2.51. The summed E-state index contributed by atoms with van der Waals surface area (Å²) in [6.07, 6.45) is 3.16. The lowest BCUT2D eigenvalue weighted by Crippen LogP contribution is -2.43. The highest BCUT2D eigenvalue weighted by Crippen LogP contribution is 2.13. The Morgan fingerprint density at radius 2 is 2.00 bits per heavy atom. The van der Waals surface area contributed by atoms with Gasteiger partial charge >= 0.3 is 0 Å². The van der Waals surface area contributed by atoms with E-state index in [1.54, 1.807) is 44.6 Å². The molecule has 3 N–H and O–H groups in total. The van der Waals surface area contributed by atoms with Crippen LogP contribution >= 0.6 is 0 Å². The molecule has 1 aromatic heterocycles. The molecule has 20 heavy (non-hydrogen) atoms. The molecule has 0 saturated heterocycles. The van der Waals surface area contributed by atoms with Crippen LogP contribution in [0.5, 0.6) is 0 Å². The summed E-state index contributed by atoms with van der Waals surface area (Å²) in [6, 6.07) is 4.57. The third-order valence-corrected chi connectivity index (χ3v) is 3.16. The Labute approximate surface area is 115 Å². The van der Waals surface area contributed by atoms with Gasteiger partial charge in [0.2, 0.25) is 0 Å². The summed E-state index contributed by atoms with van der Waals surface area (Å²) >= 11 is 0. The Hall–Kier alpha value is -2.70. The molecule has 0 bridgehead atoms. The van der Waals surface area contributed by atoms with Crippen molar-refractivity contribution in [3.63, 3.8) is 0 Å². The van der Waals surface area contributed by atoms with Crippen LogP contribution in [-0.4, -0.2) is 44.9 Å². The monoisotopic (exact) mass is 273 g/mol. The van der Waals surface area contributed by atoms with E-state index in [2.05, 4.69) is 15.1 Å². The highest BCUT2D eigenvalue weighted by molar-refractivity contribution is 5.99. The number of likely N-dealkylation sites (N-methyl/N-ethyl adjacent to an activating group) is 1. The fourth-order valence-electron chi connectivity index (χ4n) is 1.76. The molecule has 0 spiro atoms. The van der Waals surface area contributed by atoms with E-state index >= 15 is 0 Å². The first-order valence-corrected chi connectivity index (χ1v) is 6.00. The minimum Gasteiger partial charge on any atom is -0.409 e. The molecule has 1 atom stereocenters. The lowest BCUT2D eigenvalue weighted by molar-refractivity contribution is 0.0776. The number of aromatic nitrogens is 2. The van der Waals surface area contributed by atoms with Crippen LogP contribution in [0.4, 0.5) is 0 Å². The van der Waals surface area contributed by atoms with Crippen LogP contribution in [-0.2, 0) is 0 Å². The molecule has 7 heteroatoms. The van der Waals surface area contributed by atoms with Gasteiger partial charge in [-0.2, -0.15) is 0 Å². The first kappa shape index (κ1) is 13.7. The highest BCUT2D eigenvalue weighted by atomic mass is 16.4. The summed E-state index contributed by atoms with van der Waals surface area (Å²) in [5.41, 5.74) is 7.34. The minimum atomic E-state index is -0.509. The molecule has 1 heterocycles. The number of amides is 1. The van der Waals surface area contributed by atoms with Gasteiger partial charge in [0.05, 0.1) is 17.1 Å². The van der Waals surface area contributed by atoms with E-state index in [1.165, 1.54) is 4.90 Å². The molecule has 0 saturated carbocycles. The van der Waals surface area contributed by atoms with Crippen LogP contribution in [0.3, 0.4) is 0 Å². The predicted molar refractivity (Wildman–Crippen MR) is 74.5 cm³/mol. The van der Waals surface area contributed by atoms with Crippen molar-refractivity contribution in [1.29, 1.82) is 0 Å². The Bertz CT molecular complexity index is 671. The van der Waals surface area contributed by atoms with Gasteiger partial charge in [-0.05, 0) is 25.1 Å². The Morgan fingerprint density at radius 1 is 1.35 bits per heavy atom. The number of oxime groups is 1. The van der Waals surface area contributed by atoms with Crippen molar-refractivity contribution in [2.24, 2.45) is 10.9 Å². The number of hydrogen-bond acceptors (Lipinski definition) is 5. The van der Waals surface area contributed by atoms with Gasteiger partial charge < -0.3 is 15.8 Å². The van der Waals surface area contributed by atoms with Crippen molar-refractivity contribution in [2.45, 2.75) is 13.0 Å². The van der Waals surface area contributed by atoms with E-state index in [0.29, 0.717) is 11.1 Å². The number of rotatable bonds is 3. The SMILES string of the molecule is CC(C(N)=NO)N(C)C(=O)c1ccc2nccnc2c1. The lowest BCUT2D eigenvalue weighted by Gasteiger charge is -2.23. The van der Waals surface area contributed by atoms with Crippen LogP contribution < -0.4 is 5.73 Å². The topological polar surface area (TPSA) is 105 Å². The molecule has 1 amide bonds. The van der Waals surface area contributed by atoms with Crippen LogP contribution in [0.2, 0.25) is 0 Å². The van der Waals surface area contributed by atoms with Crippen molar-refractivity contribution in [2.75, 3.05) is 7.05 Å². The molecule has 0 aliphatic rings. The first-order valence-electron chi connectivity index (χ1n) is 6.00. The van der Waals surface area contributed by atoms with Gasteiger partial charge in [0.1, 0.15) is 0 Å². The van der Waals surface area contributed by atoms with Crippen molar-refractivity contribution in [3.05, 3.63) is 36.2 Å². The zero-order chi connectivity index (χ0) is 14.7. The molecule has 104 valence electrons. The standard InChI is InChI=1S/C13H15N5O2/c1-8(12(14)17-20)18(2)13(19)9-3-4-10-11(7-9)16-6-5-15-10/h3-8,20H,1-2H3,(H2,14,17). The molecule has 1 unspecified atom stereocenters. The number of hydrogen-bond donors (Lipinski definition) is 2. The molecular formula is C13H15N5O2. The Balaban J connectivity index is 2.31. The molecule has 7 nitrogen and oxygen atoms in total. The van der Waals surface area contributed by atoms with E-state index in [9.17, 15) is 4.79 Å². The maximum atomic E-state index is 12.3. The van der Waals surface area contributed by atoms with Gasteiger partial charge in [-0.1, -0.05) is 5.16 Å². The molecule has 1 aromatic carbocycles. The second-order valence-corrected chi connectivity index (χ2v) is 4.38. The summed E-state index contributed by atoms with van der Waals surface area (Å²) in [4.78, 5) is 22.0. The minimum absolute atomic E-state index is 0.0265. The zero-order valence-electron chi connectivity index (χ0n) is 11.2. The average molecular weight is 273 g/mol. The number of benzene rings is 1. The quantitative estimate of drug-likeness (QED) is 0.373. The van der Waals surface area contributed by atoms with Gasteiger partial charge in [-0.25, -0.2) is 0 Å².